The molecule has 0 aliphatic carbocycles. The second-order valence-electron chi connectivity index (χ2n) is 8.35. The number of carbonyl (C=O) groups is 2. The maximum absolute atomic E-state index is 14.6. The zero-order chi connectivity index (χ0) is 26.4. The number of morpholine rings is 1. The van der Waals surface area contributed by atoms with Gasteiger partial charge in [0.15, 0.2) is 0 Å². The maximum Gasteiger partial charge on any atom is 0.446 e. The SMILES string of the molecule is O=C1NCCc2[nH]c(-c3ccnc(/C=C/c4ccc(N5CCOCC5)c(F)c4)c3)cc21.O=CC(F)(F)F. The van der Waals surface area contributed by atoms with E-state index in [1.165, 1.54) is 0 Å². The Labute approximate surface area is 210 Å². The Kier molecular flexibility index (Phi) is 8.02. The van der Waals surface area contributed by atoms with Crippen LogP contribution >= 0.6 is 0 Å². The first-order valence-electron chi connectivity index (χ1n) is 11.5. The molecule has 7 nitrogen and oxygen atoms in total. The zero-order valence-corrected chi connectivity index (χ0v) is 19.6. The first kappa shape index (κ1) is 26.1. The van der Waals surface area contributed by atoms with E-state index in [-0.39, 0.29) is 11.7 Å². The summed E-state index contributed by atoms with van der Waals surface area (Å²) < 4.78 is 51.2. The van der Waals surface area contributed by atoms with Gasteiger partial charge in [0, 0.05) is 49.2 Å². The van der Waals surface area contributed by atoms with Crippen LogP contribution in [0.25, 0.3) is 23.4 Å². The molecule has 5 rings (SSSR count). The molecule has 1 fully saturated rings. The normalized spacial score (nSPS) is 15.6. The van der Waals surface area contributed by atoms with Gasteiger partial charge in [-0.25, -0.2) is 4.39 Å². The van der Waals surface area contributed by atoms with E-state index in [0.717, 1.165) is 34.6 Å². The molecule has 37 heavy (non-hydrogen) atoms. The monoisotopic (exact) mass is 516 g/mol. The Hall–Kier alpha value is -3.99. The first-order chi connectivity index (χ1) is 17.7. The number of rotatable bonds is 4. The Morgan fingerprint density at radius 1 is 1.05 bits per heavy atom. The molecule has 194 valence electrons. The van der Waals surface area contributed by atoms with Gasteiger partial charge in [-0.15, -0.1) is 0 Å². The molecule has 1 saturated heterocycles. The van der Waals surface area contributed by atoms with Gasteiger partial charge in [-0.05, 0) is 42.0 Å². The summed E-state index contributed by atoms with van der Waals surface area (Å²) >= 11 is 0. The van der Waals surface area contributed by atoms with E-state index in [2.05, 4.69) is 15.3 Å². The van der Waals surface area contributed by atoms with E-state index in [1.54, 1.807) is 12.3 Å². The van der Waals surface area contributed by atoms with E-state index in [0.29, 0.717) is 44.1 Å². The van der Waals surface area contributed by atoms with E-state index in [1.807, 2.05) is 47.4 Å². The van der Waals surface area contributed by atoms with Crippen molar-refractivity contribution in [2.45, 2.75) is 12.6 Å². The molecule has 0 saturated carbocycles. The average molecular weight is 516 g/mol. The number of amides is 1. The number of benzene rings is 1. The number of pyridine rings is 1. The molecule has 0 atom stereocenters. The molecular formula is C26H24F4N4O3. The topological polar surface area (TPSA) is 87.3 Å². The third-order valence-electron chi connectivity index (χ3n) is 5.80. The largest absolute Gasteiger partial charge is 0.446 e. The Morgan fingerprint density at radius 2 is 1.81 bits per heavy atom. The molecule has 0 unspecified atom stereocenters. The Bertz CT molecular complexity index is 1300. The minimum absolute atomic E-state index is 0.0412. The number of halogens is 4. The van der Waals surface area contributed by atoms with Gasteiger partial charge < -0.3 is 19.9 Å². The molecule has 1 amide bonds. The number of H-pyrrole nitrogens is 1. The lowest BCUT2D eigenvalue weighted by Crippen LogP contribution is -2.36. The lowest BCUT2D eigenvalue weighted by molar-refractivity contribution is -0.156. The van der Waals surface area contributed by atoms with E-state index < -0.39 is 12.5 Å². The zero-order valence-electron chi connectivity index (χ0n) is 19.6. The summed E-state index contributed by atoms with van der Waals surface area (Å²) in [5.41, 5.74) is 5.64. The molecule has 2 aliphatic rings. The number of carbonyl (C=O) groups excluding carboxylic acids is 2. The van der Waals surface area contributed by atoms with E-state index in [9.17, 15) is 22.4 Å². The number of anilines is 1. The molecular weight excluding hydrogens is 492 g/mol. The van der Waals surface area contributed by atoms with Gasteiger partial charge in [0.25, 0.3) is 5.91 Å². The predicted octanol–water partition coefficient (Wildman–Crippen LogP) is 4.26. The third-order valence-corrected chi connectivity index (χ3v) is 5.80. The minimum atomic E-state index is -4.64. The number of nitrogens with zero attached hydrogens (tertiary/aromatic N) is 2. The minimum Gasteiger partial charge on any atom is -0.378 e. The highest BCUT2D eigenvalue weighted by molar-refractivity contribution is 5.97. The fourth-order valence-electron chi connectivity index (χ4n) is 4.03. The smallest absolute Gasteiger partial charge is 0.378 e. The molecule has 11 heteroatoms. The number of hydrogen-bond acceptors (Lipinski definition) is 5. The summed E-state index contributed by atoms with van der Waals surface area (Å²) in [4.78, 5) is 30.5. The number of hydrogen-bond donors (Lipinski definition) is 2. The molecule has 2 aromatic heterocycles. The van der Waals surface area contributed by atoms with Gasteiger partial charge in [-0.2, -0.15) is 13.2 Å². The van der Waals surface area contributed by atoms with Crippen molar-refractivity contribution in [3.63, 3.8) is 0 Å². The van der Waals surface area contributed by atoms with E-state index >= 15 is 0 Å². The highest BCUT2D eigenvalue weighted by Crippen LogP contribution is 2.25. The van der Waals surface area contributed by atoms with Crippen molar-refractivity contribution in [1.29, 1.82) is 0 Å². The van der Waals surface area contributed by atoms with Crippen molar-refractivity contribution in [1.82, 2.24) is 15.3 Å². The number of aldehydes is 1. The Morgan fingerprint density at radius 3 is 2.49 bits per heavy atom. The summed E-state index contributed by atoms with van der Waals surface area (Å²) in [6.07, 6.45) is 0.544. The molecule has 1 aromatic carbocycles. The quantitative estimate of drug-likeness (QED) is 0.400. The summed E-state index contributed by atoms with van der Waals surface area (Å²) in [6, 6.07) is 11.0. The van der Waals surface area contributed by atoms with Crippen LogP contribution in [0.1, 0.15) is 27.3 Å². The summed E-state index contributed by atoms with van der Waals surface area (Å²) in [5, 5.41) is 2.86. The van der Waals surface area contributed by atoms with Gasteiger partial charge >= 0.3 is 6.18 Å². The van der Waals surface area contributed by atoms with Crippen molar-refractivity contribution in [3.8, 4) is 11.3 Å². The van der Waals surface area contributed by atoms with Crippen molar-refractivity contribution < 1.29 is 31.9 Å². The fraction of sp³-hybridized carbons (Fsp3) is 0.269. The fourth-order valence-corrected chi connectivity index (χ4v) is 4.03. The lowest BCUT2D eigenvalue weighted by atomic mass is 10.1. The van der Waals surface area contributed by atoms with Crippen LogP contribution in [0.2, 0.25) is 0 Å². The van der Waals surface area contributed by atoms with Gasteiger partial charge in [-0.1, -0.05) is 12.1 Å². The number of nitrogens with one attached hydrogen (secondary N) is 2. The predicted molar refractivity (Wildman–Crippen MR) is 131 cm³/mol. The van der Waals surface area contributed by atoms with Crippen LogP contribution in [-0.2, 0) is 16.0 Å². The molecule has 0 bridgehead atoms. The first-order valence-corrected chi connectivity index (χ1v) is 11.5. The highest BCUT2D eigenvalue weighted by Gasteiger charge is 2.25. The summed E-state index contributed by atoms with van der Waals surface area (Å²) in [7, 11) is 0. The van der Waals surface area contributed by atoms with Gasteiger partial charge in [-0.3, -0.25) is 14.6 Å². The lowest BCUT2D eigenvalue weighted by Gasteiger charge is -2.29. The van der Waals surface area contributed by atoms with Crippen LogP contribution in [0.5, 0.6) is 0 Å². The van der Waals surface area contributed by atoms with Crippen molar-refractivity contribution in [2.24, 2.45) is 0 Å². The van der Waals surface area contributed by atoms with Gasteiger partial charge in [0.1, 0.15) is 5.82 Å². The maximum atomic E-state index is 14.6. The van der Waals surface area contributed by atoms with Crippen molar-refractivity contribution in [2.75, 3.05) is 37.7 Å². The highest BCUT2D eigenvalue weighted by atomic mass is 19.4. The summed E-state index contributed by atoms with van der Waals surface area (Å²) in [6.45, 7) is 3.30. The second-order valence-corrected chi connectivity index (χ2v) is 8.35. The molecule has 0 spiro atoms. The third kappa shape index (κ3) is 6.82. The van der Waals surface area contributed by atoms with Gasteiger partial charge in [0.2, 0.25) is 6.29 Å². The molecule has 2 aliphatic heterocycles. The number of fused-ring (bicyclic) bond motifs is 1. The van der Waals surface area contributed by atoms with Crippen LogP contribution in [0, 0.1) is 5.82 Å². The van der Waals surface area contributed by atoms with E-state index in [4.69, 9.17) is 9.53 Å². The number of aromatic amines is 1. The number of alkyl halides is 3. The van der Waals surface area contributed by atoms with Crippen LogP contribution in [0.4, 0.5) is 23.2 Å². The van der Waals surface area contributed by atoms with Crippen LogP contribution in [-0.4, -0.2) is 61.2 Å². The molecule has 2 N–H and O–H groups in total. The van der Waals surface area contributed by atoms with Crippen molar-refractivity contribution >= 4 is 30.0 Å². The van der Waals surface area contributed by atoms with Gasteiger partial charge in [0.05, 0.1) is 30.2 Å². The molecule has 3 aromatic rings. The van der Waals surface area contributed by atoms with Crippen LogP contribution in [0.15, 0.2) is 42.6 Å². The van der Waals surface area contributed by atoms with Crippen LogP contribution < -0.4 is 10.2 Å². The number of ether oxygens (including phenoxy) is 1. The van der Waals surface area contributed by atoms with Crippen LogP contribution in [0.3, 0.4) is 0 Å². The standard InChI is InChI=1S/C24H23FN4O2.C2HF3O/c25-20-13-16(2-4-23(20)29-9-11-31-12-10-29)1-3-18-14-17(5-7-26-18)22-15-19-21(28-22)6-8-27-24(19)30;3-2(4,5)1-6/h1-5,7,13-15,28H,6,8-12H2,(H,27,30);1H/b3-1+;. The Balaban J connectivity index is 0.000000480. The number of aromatic nitrogens is 2. The second kappa shape index (κ2) is 11.4. The average Bonchev–Trinajstić information content (AvgIpc) is 3.34. The summed E-state index contributed by atoms with van der Waals surface area (Å²) in [5.74, 6) is -0.276. The molecule has 0 radical (unpaired) electrons. The molecule has 4 heterocycles. The van der Waals surface area contributed by atoms with Crippen molar-refractivity contribution in [3.05, 3.63) is 70.9 Å².